The van der Waals surface area contributed by atoms with E-state index in [0.717, 1.165) is 32.1 Å². The van der Waals surface area contributed by atoms with E-state index in [2.05, 4.69) is 36.2 Å². The summed E-state index contributed by atoms with van der Waals surface area (Å²) in [5, 5.41) is 3.09. The fourth-order valence-corrected chi connectivity index (χ4v) is 2.83. The van der Waals surface area contributed by atoms with Gasteiger partial charge in [-0.25, -0.2) is 0 Å². The largest absolute Gasteiger partial charge is 0.497 e. The molecule has 1 heterocycles. The van der Waals surface area contributed by atoms with E-state index < -0.39 is 0 Å². The van der Waals surface area contributed by atoms with Crippen LogP contribution in [0.2, 0.25) is 0 Å². The van der Waals surface area contributed by atoms with E-state index in [1.165, 1.54) is 5.56 Å². The molecular weight excluding hydrogens is 292 g/mol. The second-order valence-electron chi connectivity index (χ2n) is 6.34. The Balaban J connectivity index is 2.05. The first-order chi connectivity index (χ1) is 11.1. The van der Waals surface area contributed by atoms with E-state index in [4.69, 9.17) is 9.47 Å². The first kappa shape index (κ1) is 17.8. The first-order valence-electron chi connectivity index (χ1n) is 8.32. The molecule has 0 aromatic heterocycles. The van der Waals surface area contributed by atoms with Crippen molar-refractivity contribution < 1.29 is 14.3 Å². The fraction of sp³-hybridized carbons (Fsp3) is 0.611. The van der Waals surface area contributed by atoms with Crippen LogP contribution in [0.5, 0.6) is 5.75 Å². The highest BCUT2D eigenvalue weighted by Crippen LogP contribution is 2.23. The maximum atomic E-state index is 12.0. The maximum absolute atomic E-state index is 12.0. The summed E-state index contributed by atoms with van der Waals surface area (Å²) < 4.78 is 10.7. The molecule has 1 saturated heterocycles. The van der Waals surface area contributed by atoms with E-state index in [-0.39, 0.29) is 11.9 Å². The Labute approximate surface area is 139 Å². The lowest BCUT2D eigenvalue weighted by Gasteiger charge is -2.35. The Hall–Kier alpha value is -1.59. The fourth-order valence-electron chi connectivity index (χ4n) is 2.83. The summed E-state index contributed by atoms with van der Waals surface area (Å²) in [6.45, 7) is 8.00. The predicted octanol–water partition coefficient (Wildman–Crippen LogP) is 2.23. The molecule has 1 aliphatic rings. The van der Waals surface area contributed by atoms with Gasteiger partial charge in [0.25, 0.3) is 0 Å². The highest BCUT2D eigenvalue weighted by molar-refractivity contribution is 5.76. The third kappa shape index (κ3) is 5.52. The van der Waals surface area contributed by atoms with E-state index in [1.54, 1.807) is 7.11 Å². The minimum Gasteiger partial charge on any atom is -0.497 e. The number of nitrogens with one attached hydrogen (secondary N) is 1. The summed E-state index contributed by atoms with van der Waals surface area (Å²) in [5.41, 5.74) is 1.19. The molecule has 1 aromatic rings. The summed E-state index contributed by atoms with van der Waals surface area (Å²) in [5.74, 6) is 1.34. The van der Waals surface area contributed by atoms with E-state index in [1.807, 2.05) is 12.1 Å². The molecule has 1 fully saturated rings. The molecule has 1 aliphatic heterocycles. The Kier molecular flexibility index (Phi) is 6.86. The monoisotopic (exact) mass is 320 g/mol. The van der Waals surface area contributed by atoms with Crippen LogP contribution in [0.1, 0.15) is 31.9 Å². The highest BCUT2D eigenvalue weighted by Gasteiger charge is 2.23. The van der Waals surface area contributed by atoms with E-state index >= 15 is 0 Å². The van der Waals surface area contributed by atoms with Gasteiger partial charge in [0.1, 0.15) is 5.75 Å². The van der Waals surface area contributed by atoms with E-state index in [0.29, 0.717) is 18.9 Å². The number of ether oxygens (including phenoxy) is 2. The number of hydrogen-bond donors (Lipinski definition) is 1. The molecule has 1 N–H and O–H groups in total. The number of benzene rings is 1. The van der Waals surface area contributed by atoms with Crippen molar-refractivity contribution in [3.63, 3.8) is 0 Å². The van der Waals surface area contributed by atoms with Gasteiger partial charge in [0.2, 0.25) is 5.91 Å². The minimum absolute atomic E-state index is 0.117. The number of rotatable bonds is 7. The normalized spacial score (nSPS) is 17.0. The Morgan fingerprint density at radius 1 is 1.26 bits per heavy atom. The van der Waals surface area contributed by atoms with Gasteiger partial charge in [-0.15, -0.1) is 0 Å². The van der Waals surface area contributed by atoms with Gasteiger partial charge in [-0.3, -0.25) is 9.69 Å². The quantitative estimate of drug-likeness (QED) is 0.837. The summed E-state index contributed by atoms with van der Waals surface area (Å²) in [6.07, 6.45) is 0.568. The van der Waals surface area contributed by atoms with Crippen LogP contribution in [0.4, 0.5) is 0 Å². The summed E-state index contributed by atoms with van der Waals surface area (Å²) in [6, 6.07) is 8.26. The standard InChI is InChI=1S/C18H28N2O3/c1-14(2)12-18(21)19-13-17(20-8-10-23-11-9-20)15-4-6-16(22-3)7-5-15/h4-7,14,17H,8-13H2,1-3H3,(H,19,21). The molecule has 0 spiro atoms. The molecule has 1 unspecified atom stereocenters. The zero-order chi connectivity index (χ0) is 16.7. The molecule has 5 heteroatoms. The molecular formula is C18H28N2O3. The smallest absolute Gasteiger partial charge is 0.220 e. The molecule has 2 rings (SSSR count). The van der Waals surface area contributed by atoms with E-state index in [9.17, 15) is 4.79 Å². The van der Waals surface area contributed by atoms with Crippen LogP contribution < -0.4 is 10.1 Å². The molecule has 1 aromatic carbocycles. The van der Waals surface area contributed by atoms with Crippen LogP contribution >= 0.6 is 0 Å². The lowest BCUT2D eigenvalue weighted by atomic mass is 10.0. The van der Waals surface area contributed by atoms with Gasteiger partial charge >= 0.3 is 0 Å². The lowest BCUT2D eigenvalue weighted by molar-refractivity contribution is -0.122. The molecule has 0 radical (unpaired) electrons. The first-order valence-corrected chi connectivity index (χ1v) is 8.32. The topological polar surface area (TPSA) is 50.8 Å². The second kappa shape index (κ2) is 8.89. The van der Waals surface area contributed by atoms with Crippen LogP contribution in [-0.2, 0) is 9.53 Å². The van der Waals surface area contributed by atoms with Crippen molar-refractivity contribution in [2.24, 2.45) is 5.92 Å². The van der Waals surface area contributed by atoms with Gasteiger partial charge < -0.3 is 14.8 Å². The van der Waals surface area contributed by atoms with Crippen LogP contribution in [0.3, 0.4) is 0 Å². The minimum atomic E-state index is 0.117. The van der Waals surface area contributed by atoms with Crippen molar-refractivity contribution in [1.29, 1.82) is 0 Å². The number of nitrogens with zero attached hydrogens (tertiary/aromatic N) is 1. The molecule has 23 heavy (non-hydrogen) atoms. The van der Waals surface area contributed by atoms with Crippen molar-refractivity contribution in [3.05, 3.63) is 29.8 Å². The Morgan fingerprint density at radius 2 is 1.91 bits per heavy atom. The number of amides is 1. The Morgan fingerprint density at radius 3 is 2.48 bits per heavy atom. The van der Waals surface area contributed by atoms with Crippen molar-refractivity contribution in [1.82, 2.24) is 10.2 Å². The van der Waals surface area contributed by atoms with Gasteiger partial charge in [0, 0.05) is 26.1 Å². The molecule has 0 saturated carbocycles. The molecule has 1 amide bonds. The number of hydrogen-bond acceptors (Lipinski definition) is 4. The third-order valence-electron chi connectivity index (χ3n) is 4.07. The van der Waals surface area contributed by atoms with Gasteiger partial charge in [-0.1, -0.05) is 26.0 Å². The van der Waals surface area contributed by atoms with Crippen molar-refractivity contribution in [2.75, 3.05) is 40.0 Å². The zero-order valence-electron chi connectivity index (χ0n) is 14.4. The van der Waals surface area contributed by atoms with Crippen LogP contribution in [0, 0.1) is 5.92 Å². The maximum Gasteiger partial charge on any atom is 0.220 e. The summed E-state index contributed by atoms with van der Waals surface area (Å²) in [4.78, 5) is 14.4. The third-order valence-corrected chi connectivity index (χ3v) is 4.07. The molecule has 1 atom stereocenters. The average Bonchev–Trinajstić information content (AvgIpc) is 2.56. The molecule has 0 bridgehead atoms. The average molecular weight is 320 g/mol. The number of morpholine rings is 1. The lowest BCUT2D eigenvalue weighted by Crippen LogP contribution is -2.43. The molecule has 0 aliphatic carbocycles. The SMILES string of the molecule is COc1ccc(C(CNC(=O)CC(C)C)N2CCOCC2)cc1. The summed E-state index contributed by atoms with van der Waals surface area (Å²) >= 11 is 0. The molecule has 128 valence electrons. The van der Waals surface area contributed by atoms with Crippen LogP contribution in [0.15, 0.2) is 24.3 Å². The number of carbonyl (C=O) groups is 1. The van der Waals surface area contributed by atoms with Crippen molar-refractivity contribution in [2.45, 2.75) is 26.3 Å². The van der Waals surface area contributed by atoms with Crippen molar-refractivity contribution >= 4 is 5.91 Å². The van der Waals surface area contributed by atoms with Crippen LogP contribution in [0.25, 0.3) is 0 Å². The highest BCUT2D eigenvalue weighted by atomic mass is 16.5. The van der Waals surface area contributed by atoms with Gasteiger partial charge in [-0.05, 0) is 23.6 Å². The zero-order valence-corrected chi connectivity index (χ0v) is 14.4. The van der Waals surface area contributed by atoms with Gasteiger partial charge in [0.05, 0.1) is 26.4 Å². The number of methoxy groups -OCH3 is 1. The number of carbonyl (C=O) groups excluding carboxylic acids is 1. The van der Waals surface area contributed by atoms with Gasteiger partial charge in [0.15, 0.2) is 0 Å². The second-order valence-corrected chi connectivity index (χ2v) is 6.34. The molecule has 5 nitrogen and oxygen atoms in total. The van der Waals surface area contributed by atoms with Crippen molar-refractivity contribution in [3.8, 4) is 5.75 Å². The van der Waals surface area contributed by atoms with Crippen LogP contribution in [-0.4, -0.2) is 50.8 Å². The summed E-state index contributed by atoms with van der Waals surface area (Å²) in [7, 11) is 1.67. The Bertz CT molecular complexity index is 482. The predicted molar refractivity (Wildman–Crippen MR) is 90.6 cm³/mol. The van der Waals surface area contributed by atoms with Gasteiger partial charge in [-0.2, -0.15) is 0 Å².